The highest BCUT2D eigenvalue weighted by Crippen LogP contribution is 2.36. The lowest BCUT2D eigenvalue weighted by molar-refractivity contribution is 0.102. The summed E-state index contributed by atoms with van der Waals surface area (Å²) in [6, 6.07) is 7.46. The molecule has 2 aromatic carbocycles. The fourth-order valence-corrected chi connectivity index (χ4v) is 3.10. The first-order valence-corrected chi connectivity index (χ1v) is 9.48. The van der Waals surface area contributed by atoms with Crippen LogP contribution in [0.25, 0.3) is 0 Å². The lowest BCUT2D eigenvalue weighted by atomic mass is 10.1. The third-order valence-electron chi connectivity index (χ3n) is 3.60. The molecule has 0 aliphatic carbocycles. The standard InChI is InChI=1S/C17H18ClNO5S/c1-10-5-6-11(25(4,21)22)7-12(10)17(20)19-14-9-15(23-2)13(18)8-16(14)24-3/h5-9H,1-4H3,(H,19,20). The van der Waals surface area contributed by atoms with E-state index in [0.717, 1.165) is 6.26 Å². The molecule has 0 aromatic heterocycles. The van der Waals surface area contributed by atoms with Crippen LogP contribution >= 0.6 is 11.6 Å². The molecule has 1 N–H and O–H groups in total. The summed E-state index contributed by atoms with van der Waals surface area (Å²) in [6.45, 7) is 1.72. The number of methoxy groups -OCH3 is 2. The van der Waals surface area contributed by atoms with Crippen molar-refractivity contribution in [1.82, 2.24) is 0 Å². The molecule has 0 saturated carbocycles. The number of hydrogen-bond acceptors (Lipinski definition) is 5. The molecule has 2 rings (SSSR count). The number of halogens is 1. The van der Waals surface area contributed by atoms with Crippen LogP contribution in [0.4, 0.5) is 5.69 Å². The zero-order chi connectivity index (χ0) is 18.8. The van der Waals surface area contributed by atoms with Gasteiger partial charge in [0.2, 0.25) is 0 Å². The Bertz CT molecular complexity index is 925. The maximum atomic E-state index is 12.6. The molecule has 25 heavy (non-hydrogen) atoms. The smallest absolute Gasteiger partial charge is 0.256 e. The Kier molecular flexibility index (Phi) is 5.59. The van der Waals surface area contributed by atoms with Gasteiger partial charge in [-0.3, -0.25) is 4.79 Å². The first-order chi connectivity index (χ1) is 11.7. The van der Waals surface area contributed by atoms with E-state index in [1.165, 1.54) is 38.5 Å². The predicted octanol–water partition coefficient (Wildman–Crippen LogP) is 3.32. The first kappa shape index (κ1) is 19.1. The number of anilines is 1. The second-order valence-corrected chi connectivity index (χ2v) is 7.81. The van der Waals surface area contributed by atoms with Gasteiger partial charge in [-0.25, -0.2) is 8.42 Å². The van der Waals surface area contributed by atoms with E-state index >= 15 is 0 Å². The van der Waals surface area contributed by atoms with Crippen molar-refractivity contribution in [2.45, 2.75) is 11.8 Å². The van der Waals surface area contributed by atoms with Gasteiger partial charge in [-0.05, 0) is 24.6 Å². The van der Waals surface area contributed by atoms with Gasteiger partial charge in [0, 0.05) is 24.0 Å². The number of amides is 1. The van der Waals surface area contributed by atoms with Crippen molar-refractivity contribution >= 4 is 33.0 Å². The first-order valence-electron chi connectivity index (χ1n) is 7.21. The van der Waals surface area contributed by atoms with Gasteiger partial charge in [-0.2, -0.15) is 0 Å². The van der Waals surface area contributed by atoms with E-state index < -0.39 is 15.7 Å². The number of sulfone groups is 1. The molecule has 1 amide bonds. The van der Waals surface area contributed by atoms with Crippen LogP contribution in [0.2, 0.25) is 5.02 Å². The number of rotatable bonds is 5. The summed E-state index contributed by atoms with van der Waals surface area (Å²) in [5, 5.41) is 3.04. The molecule has 0 unspecified atom stereocenters. The molecule has 0 spiro atoms. The molecule has 0 bridgehead atoms. The SMILES string of the molecule is COc1cc(NC(=O)c2cc(S(C)(=O)=O)ccc2C)c(OC)cc1Cl. The van der Waals surface area contributed by atoms with Crippen molar-refractivity contribution in [1.29, 1.82) is 0 Å². The zero-order valence-electron chi connectivity index (χ0n) is 14.2. The van der Waals surface area contributed by atoms with Crippen LogP contribution < -0.4 is 14.8 Å². The average molecular weight is 384 g/mol. The Morgan fingerprint density at radius 2 is 1.72 bits per heavy atom. The van der Waals surface area contributed by atoms with Crippen LogP contribution in [0.5, 0.6) is 11.5 Å². The second kappa shape index (κ2) is 7.33. The van der Waals surface area contributed by atoms with Gasteiger partial charge in [-0.1, -0.05) is 17.7 Å². The van der Waals surface area contributed by atoms with Crippen LogP contribution in [-0.2, 0) is 9.84 Å². The summed E-state index contributed by atoms with van der Waals surface area (Å²) in [5.74, 6) is 0.265. The van der Waals surface area contributed by atoms with Crippen molar-refractivity contribution in [3.8, 4) is 11.5 Å². The van der Waals surface area contributed by atoms with Crippen LogP contribution in [0, 0.1) is 6.92 Å². The van der Waals surface area contributed by atoms with Gasteiger partial charge in [0.15, 0.2) is 9.84 Å². The highest BCUT2D eigenvalue weighted by molar-refractivity contribution is 7.90. The molecule has 134 valence electrons. The van der Waals surface area contributed by atoms with E-state index in [0.29, 0.717) is 27.8 Å². The maximum absolute atomic E-state index is 12.6. The minimum Gasteiger partial charge on any atom is -0.495 e. The van der Waals surface area contributed by atoms with Crippen LogP contribution in [0.3, 0.4) is 0 Å². The average Bonchev–Trinajstić information content (AvgIpc) is 2.55. The molecule has 0 atom stereocenters. The predicted molar refractivity (Wildman–Crippen MR) is 96.8 cm³/mol. The van der Waals surface area contributed by atoms with E-state index in [-0.39, 0.29) is 10.5 Å². The van der Waals surface area contributed by atoms with Crippen LogP contribution in [0.1, 0.15) is 15.9 Å². The Morgan fingerprint density at radius 3 is 2.28 bits per heavy atom. The van der Waals surface area contributed by atoms with Gasteiger partial charge in [-0.15, -0.1) is 0 Å². The summed E-state index contributed by atoms with van der Waals surface area (Å²) in [4.78, 5) is 12.7. The van der Waals surface area contributed by atoms with Crippen molar-refractivity contribution in [3.63, 3.8) is 0 Å². The van der Waals surface area contributed by atoms with E-state index in [2.05, 4.69) is 5.32 Å². The highest BCUT2D eigenvalue weighted by Gasteiger charge is 2.17. The number of aryl methyl sites for hydroxylation is 1. The topological polar surface area (TPSA) is 81.7 Å². The molecule has 0 radical (unpaired) electrons. The van der Waals surface area contributed by atoms with Crippen molar-refractivity contribution in [2.75, 3.05) is 25.8 Å². The van der Waals surface area contributed by atoms with Crippen molar-refractivity contribution < 1.29 is 22.7 Å². The number of carbonyl (C=O) groups excluding carboxylic acids is 1. The summed E-state index contributed by atoms with van der Waals surface area (Å²) in [6.07, 6.45) is 1.09. The third-order valence-corrected chi connectivity index (χ3v) is 5.01. The summed E-state index contributed by atoms with van der Waals surface area (Å²) in [5.41, 5.74) is 1.25. The van der Waals surface area contributed by atoms with Gasteiger partial charge in [0.1, 0.15) is 11.5 Å². The quantitative estimate of drug-likeness (QED) is 0.856. The fourth-order valence-electron chi connectivity index (χ4n) is 2.22. The van der Waals surface area contributed by atoms with Crippen molar-refractivity contribution in [3.05, 3.63) is 46.5 Å². The van der Waals surface area contributed by atoms with Gasteiger partial charge in [0.05, 0.1) is 29.8 Å². The minimum absolute atomic E-state index is 0.0731. The van der Waals surface area contributed by atoms with Gasteiger partial charge >= 0.3 is 0 Å². The number of carbonyl (C=O) groups is 1. The lowest BCUT2D eigenvalue weighted by Crippen LogP contribution is -2.15. The molecule has 6 nitrogen and oxygen atoms in total. The van der Waals surface area contributed by atoms with E-state index in [1.807, 2.05) is 0 Å². The molecule has 0 aliphatic rings. The molecule has 8 heteroatoms. The molecular formula is C17H18ClNO5S. The normalized spacial score (nSPS) is 11.1. The lowest BCUT2D eigenvalue weighted by Gasteiger charge is -2.14. The number of ether oxygens (including phenoxy) is 2. The largest absolute Gasteiger partial charge is 0.495 e. The molecule has 0 fully saturated rings. The van der Waals surface area contributed by atoms with Crippen LogP contribution in [-0.4, -0.2) is 34.8 Å². The second-order valence-electron chi connectivity index (χ2n) is 5.39. The minimum atomic E-state index is -3.42. The van der Waals surface area contributed by atoms with E-state index in [4.69, 9.17) is 21.1 Å². The Balaban J connectivity index is 2.44. The molecule has 2 aromatic rings. The van der Waals surface area contributed by atoms with E-state index in [9.17, 15) is 13.2 Å². The van der Waals surface area contributed by atoms with Crippen molar-refractivity contribution in [2.24, 2.45) is 0 Å². The number of hydrogen-bond donors (Lipinski definition) is 1. The molecular weight excluding hydrogens is 366 g/mol. The Hall–Kier alpha value is -2.25. The summed E-state index contributed by atoms with van der Waals surface area (Å²) >= 11 is 6.05. The molecule has 0 heterocycles. The number of benzene rings is 2. The third kappa shape index (κ3) is 4.24. The van der Waals surface area contributed by atoms with E-state index in [1.54, 1.807) is 13.0 Å². The fraction of sp³-hybridized carbons (Fsp3) is 0.235. The maximum Gasteiger partial charge on any atom is 0.256 e. The van der Waals surface area contributed by atoms with Crippen LogP contribution in [0.15, 0.2) is 35.2 Å². The number of nitrogens with one attached hydrogen (secondary N) is 1. The van der Waals surface area contributed by atoms with Gasteiger partial charge < -0.3 is 14.8 Å². The zero-order valence-corrected chi connectivity index (χ0v) is 15.8. The van der Waals surface area contributed by atoms with Gasteiger partial charge in [0.25, 0.3) is 5.91 Å². The Labute approximate surface area is 151 Å². The highest BCUT2D eigenvalue weighted by atomic mass is 35.5. The Morgan fingerprint density at radius 1 is 1.08 bits per heavy atom. The monoisotopic (exact) mass is 383 g/mol. The summed E-state index contributed by atoms with van der Waals surface area (Å²) < 4.78 is 33.8. The molecule has 0 aliphatic heterocycles. The molecule has 0 saturated heterocycles. The summed E-state index contributed by atoms with van der Waals surface area (Å²) in [7, 11) is -0.515.